The van der Waals surface area contributed by atoms with Crippen LogP contribution in [0.5, 0.6) is 0 Å². The number of nitrogens with one attached hydrogen (secondary N) is 1. The van der Waals surface area contributed by atoms with E-state index in [0.717, 1.165) is 48.8 Å². The number of rotatable bonds is 5. The van der Waals surface area contributed by atoms with Gasteiger partial charge in [-0.1, -0.05) is 39.5 Å². The van der Waals surface area contributed by atoms with Crippen molar-refractivity contribution in [3.05, 3.63) is 6.07 Å². The molecule has 5 heteroatoms. The fourth-order valence-corrected chi connectivity index (χ4v) is 3.06. The van der Waals surface area contributed by atoms with Crippen molar-refractivity contribution in [1.82, 2.24) is 9.97 Å². The zero-order valence-corrected chi connectivity index (χ0v) is 14.8. The molecule has 1 aliphatic heterocycles. The maximum atomic E-state index is 4.70. The summed E-state index contributed by atoms with van der Waals surface area (Å²) in [6.07, 6.45) is 4.38. The molecule has 118 valence electrons. The highest BCUT2D eigenvalue weighted by Gasteiger charge is 2.32. The van der Waals surface area contributed by atoms with Gasteiger partial charge in [0.25, 0.3) is 0 Å². The smallest absolute Gasteiger partial charge is 0.191 e. The standard InChI is InChI=1S/C16H28N4S/c1-6-8-17-13-10-14(19-15(18-13)21-5)20-9-7-12(11-20)16(2,3)4/h10,12H,6-9,11H2,1-5H3,(H,17,18,19). The number of anilines is 2. The summed E-state index contributed by atoms with van der Waals surface area (Å²) in [4.78, 5) is 11.7. The second-order valence-corrected chi connectivity index (χ2v) is 7.60. The van der Waals surface area contributed by atoms with E-state index in [1.807, 2.05) is 6.26 Å². The van der Waals surface area contributed by atoms with Gasteiger partial charge in [-0.2, -0.15) is 0 Å². The van der Waals surface area contributed by atoms with Crippen molar-refractivity contribution in [2.24, 2.45) is 11.3 Å². The predicted octanol–water partition coefficient (Wildman–Crippen LogP) is 3.89. The quantitative estimate of drug-likeness (QED) is 0.660. The van der Waals surface area contributed by atoms with Gasteiger partial charge in [-0.15, -0.1) is 0 Å². The largest absolute Gasteiger partial charge is 0.370 e. The van der Waals surface area contributed by atoms with E-state index in [4.69, 9.17) is 4.98 Å². The molecule has 0 aliphatic carbocycles. The predicted molar refractivity (Wildman–Crippen MR) is 92.4 cm³/mol. The second kappa shape index (κ2) is 6.86. The van der Waals surface area contributed by atoms with E-state index in [1.54, 1.807) is 11.8 Å². The molecule has 0 spiro atoms. The number of hydrogen-bond donors (Lipinski definition) is 1. The van der Waals surface area contributed by atoms with Crippen molar-refractivity contribution >= 4 is 23.4 Å². The molecule has 2 heterocycles. The molecule has 0 aromatic carbocycles. The van der Waals surface area contributed by atoms with Gasteiger partial charge >= 0.3 is 0 Å². The van der Waals surface area contributed by atoms with Crippen LogP contribution in [0.2, 0.25) is 0 Å². The van der Waals surface area contributed by atoms with E-state index in [0.29, 0.717) is 5.41 Å². The summed E-state index contributed by atoms with van der Waals surface area (Å²) < 4.78 is 0. The van der Waals surface area contributed by atoms with Gasteiger partial charge in [0.1, 0.15) is 11.6 Å². The van der Waals surface area contributed by atoms with Crippen LogP contribution in [0.1, 0.15) is 40.5 Å². The van der Waals surface area contributed by atoms with Crippen LogP contribution in [0.3, 0.4) is 0 Å². The lowest BCUT2D eigenvalue weighted by atomic mass is 9.80. The van der Waals surface area contributed by atoms with E-state index < -0.39 is 0 Å². The summed E-state index contributed by atoms with van der Waals surface area (Å²) in [6.45, 7) is 12.3. The molecular weight excluding hydrogens is 280 g/mol. The van der Waals surface area contributed by atoms with Gasteiger partial charge in [0.05, 0.1) is 0 Å². The Bertz CT molecular complexity index is 470. The summed E-state index contributed by atoms with van der Waals surface area (Å²) in [5.74, 6) is 2.75. The Labute approximate surface area is 133 Å². The third-order valence-electron chi connectivity index (χ3n) is 4.17. The average molecular weight is 308 g/mol. The van der Waals surface area contributed by atoms with Crippen molar-refractivity contribution in [1.29, 1.82) is 0 Å². The van der Waals surface area contributed by atoms with Crippen molar-refractivity contribution < 1.29 is 0 Å². The molecule has 4 nitrogen and oxygen atoms in total. The maximum Gasteiger partial charge on any atom is 0.191 e. The fraction of sp³-hybridized carbons (Fsp3) is 0.750. The van der Waals surface area contributed by atoms with Crippen LogP contribution in [-0.2, 0) is 0 Å². The Morgan fingerprint density at radius 3 is 2.71 bits per heavy atom. The molecule has 1 atom stereocenters. The Kier molecular flexibility index (Phi) is 5.36. The lowest BCUT2D eigenvalue weighted by molar-refractivity contribution is 0.263. The van der Waals surface area contributed by atoms with Crippen LogP contribution in [-0.4, -0.2) is 35.9 Å². The van der Waals surface area contributed by atoms with Crippen molar-refractivity contribution in [2.75, 3.05) is 36.1 Å². The minimum absolute atomic E-state index is 0.368. The average Bonchev–Trinajstić information content (AvgIpc) is 2.94. The molecule has 0 bridgehead atoms. The van der Waals surface area contributed by atoms with E-state index in [9.17, 15) is 0 Å². The zero-order chi connectivity index (χ0) is 15.5. The Hall–Kier alpha value is -0.970. The number of thioether (sulfide) groups is 1. The first-order chi connectivity index (χ1) is 9.94. The molecule has 0 radical (unpaired) electrons. The summed E-state index contributed by atoms with van der Waals surface area (Å²) >= 11 is 1.61. The van der Waals surface area contributed by atoms with E-state index in [2.05, 4.69) is 49.0 Å². The topological polar surface area (TPSA) is 41.0 Å². The van der Waals surface area contributed by atoms with Gasteiger partial charge < -0.3 is 10.2 Å². The zero-order valence-electron chi connectivity index (χ0n) is 13.9. The van der Waals surface area contributed by atoms with Gasteiger partial charge in [0.2, 0.25) is 0 Å². The van der Waals surface area contributed by atoms with Crippen LogP contribution < -0.4 is 10.2 Å². The van der Waals surface area contributed by atoms with Gasteiger partial charge in [0.15, 0.2) is 5.16 Å². The highest BCUT2D eigenvalue weighted by atomic mass is 32.2. The highest BCUT2D eigenvalue weighted by molar-refractivity contribution is 7.98. The summed E-state index contributed by atoms with van der Waals surface area (Å²) in [5, 5.41) is 4.24. The molecule has 1 aromatic heterocycles. The third kappa shape index (κ3) is 4.25. The van der Waals surface area contributed by atoms with E-state index in [-0.39, 0.29) is 0 Å². The van der Waals surface area contributed by atoms with Gasteiger partial charge in [-0.05, 0) is 30.4 Å². The monoisotopic (exact) mass is 308 g/mol. The van der Waals surface area contributed by atoms with Crippen molar-refractivity contribution in [2.45, 2.75) is 45.7 Å². The number of aromatic nitrogens is 2. The molecule has 1 unspecified atom stereocenters. The lowest BCUT2D eigenvalue weighted by Crippen LogP contribution is -2.26. The molecule has 0 saturated carbocycles. The van der Waals surface area contributed by atoms with Crippen LogP contribution in [0.25, 0.3) is 0 Å². The first kappa shape index (κ1) is 16.4. The Morgan fingerprint density at radius 1 is 1.38 bits per heavy atom. The van der Waals surface area contributed by atoms with E-state index in [1.165, 1.54) is 6.42 Å². The Morgan fingerprint density at radius 2 is 2.14 bits per heavy atom. The summed E-state index contributed by atoms with van der Waals surface area (Å²) in [5.41, 5.74) is 0.368. The van der Waals surface area contributed by atoms with E-state index >= 15 is 0 Å². The van der Waals surface area contributed by atoms with Crippen LogP contribution in [0.4, 0.5) is 11.6 Å². The van der Waals surface area contributed by atoms with Gasteiger partial charge in [-0.3, -0.25) is 0 Å². The third-order valence-corrected chi connectivity index (χ3v) is 4.72. The molecule has 1 fully saturated rings. The number of nitrogens with zero attached hydrogens (tertiary/aromatic N) is 3. The Balaban J connectivity index is 2.15. The first-order valence-electron chi connectivity index (χ1n) is 7.86. The molecule has 1 N–H and O–H groups in total. The van der Waals surface area contributed by atoms with Crippen molar-refractivity contribution in [3.8, 4) is 0 Å². The summed E-state index contributed by atoms with van der Waals surface area (Å²) in [6, 6.07) is 2.10. The highest BCUT2D eigenvalue weighted by Crippen LogP contribution is 2.35. The SMILES string of the molecule is CCCNc1cc(N2CCC(C(C)(C)C)C2)nc(SC)n1. The first-order valence-corrected chi connectivity index (χ1v) is 9.08. The molecule has 0 amide bonds. The maximum absolute atomic E-state index is 4.70. The lowest BCUT2D eigenvalue weighted by Gasteiger charge is -2.27. The van der Waals surface area contributed by atoms with Gasteiger partial charge in [-0.25, -0.2) is 9.97 Å². The normalized spacial score (nSPS) is 19.1. The molecular formula is C16H28N4S. The summed E-state index contributed by atoms with van der Waals surface area (Å²) in [7, 11) is 0. The minimum atomic E-state index is 0.368. The molecule has 1 aromatic rings. The molecule has 2 rings (SSSR count). The molecule has 1 aliphatic rings. The van der Waals surface area contributed by atoms with Crippen LogP contribution in [0.15, 0.2) is 11.2 Å². The number of hydrogen-bond acceptors (Lipinski definition) is 5. The fourth-order valence-electron chi connectivity index (χ4n) is 2.69. The van der Waals surface area contributed by atoms with Crippen LogP contribution in [0, 0.1) is 11.3 Å². The second-order valence-electron chi connectivity index (χ2n) is 6.82. The van der Waals surface area contributed by atoms with Gasteiger partial charge in [0, 0.05) is 25.7 Å². The van der Waals surface area contributed by atoms with Crippen LogP contribution >= 0.6 is 11.8 Å². The molecule has 21 heavy (non-hydrogen) atoms. The minimum Gasteiger partial charge on any atom is -0.370 e. The molecule has 1 saturated heterocycles. The van der Waals surface area contributed by atoms with Crippen molar-refractivity contribution in [3.63, 3.8) is 0 Å².